The van der Waals surface area contributed by atoms with Crippen LogP contribution in [0.4, 0.5) is 18.9 Å². The third-order valence-corrected chi connectivity index (χ3v) is 4.00. The molecular weight excluding hydrogens is 385 g/mol. The van der Waals surface area contributed by atoms with E-state index in [1.165, 1.54) is 16.8 Å². The van der Waals surface area contributed by atoms with Crippen molar-refractivity contribution in [2.75, 3.05) is 11.9 Å². The Morgan fingerprint density at radius 1 is 1.14 bits per heavy atom. The summed E-state index contributed by atoms with van der Waals surface area (Å²) >= 11 is 0. The van der Waals surface area contributed by atoms with E-state index in [9.17, 15) is 18.0 Å². The van der Waals surface area contributed by atoms with E-state index >= 15 is 0 Å². The van der Waals surface area contributed by atoms with Gasteiger partial charge in [0.1, 0.15) is 0 Å². The number of anilines is 1. The summed E-state index contributed by atoms with van der Waals surface area (Å²) in [5.74, 6) is 0.0346. The van der Waals surface area contributed by atoms with Crippen molar-refractivity contribution in [3.05, 3.63) is 54.1 Å². The lowest BCUT2D eigenvalue weighted by atomic mass is 10.1. The number of alkyl halides is 3. The Kier molecular flexibility index (Phi) is 5.86. The smallest absolute Gasteiger partial charge is 0.416 e. The van der Waals surface area contributed by atoms with Crippen LogP contribution in [0.2, 0.25) is 0 Å². The first-order valence-corrected chi connectivity index (χ1v) is 8.99. The number of carbonyl (C=O) groups is 1. The largest absolute Gasteiger partial charge is 0.463 e. The van der Waals surface area contributed by atoms with Crippen LogP contribution in [-0.2, 0) is 11.0 Å². The van der Waals surface area contributed by atoms with Gasteiger partial charge in [-0.25, -0.2) is 4.68 Å². The lowest BCUT2D eigenvalue weighted by molar-refractivity contribution is -0.137. The Hall–Kier alpha value is -3.36. The van der Waals surface area contributed by atoms with Crippen molar-refractivity contribution in [2.24, 2.45) is 0 Å². The zero-order chi connectivity index (χ0) is 21.0. The molecule has 0 radical (unpaired) electrons. The molecule has 0 fully saturated rings. The summed E-state index contributed by atoms with van der Waals surface area (Å²) in [7, 11) is 0. The van der Waals surface area contributed by atoms with Crippen molar-refractivity contribution in [1.82, 2.24) is 14.8 Å². The van der Waals surface area contributed by atoms with Gasteiger partial charge in [-0.05, 0) is 37.3 Å². The van der Waals surface area contributed by atoms with Crippen molar-refractivity contribution in [1.29, 1.82) is 0 Å². The molecule has 3 rings (SSSR count). The molecule has 0 atom stereocenters. The maximum Gasteiger partial charge on any atom is 0.416 e. The van der Waals surface area contributed by atoms with Gasteiger partial charge in [0.2, 0.25) is 5.91 Å². The molecule has 0 saturated heterocycles. The molecule has 9 heteroatoms. The second kappa shape index (κ2) is 8.34. The zero-order valence-corrected chi connectivity index (χ0v) is 15.8. The molecule has 1 aromatic heterocycles. The van der Waals surface area contributed by atoms with E-state index in [4.69, 9.17) is 4.74 Å². The molecule has 152 valence electrons. The highest BCUT2D eigenvalue weighted by atomic mass is 19.4. The fourth-order valence-electron chi connectivity index (χ4n) is 2.65. The SMILES string of the molecule is CCOc1nc(-c2cccc(C(F)(F)F)c2)n(-c2cccc(NC(=O)CC)c2)n1. The Morgan fingerprint density at radius 3 is 2.59 bits per heavy atom. The molecule has 0 saturated carbocycles. The Balaban J connectivity index is 2.09. The lowest BCUT2D eigenvalue weighted by Gasteiger charge is -2.10. The van der Waals surface area contributed by atoms with Gasteiger partial charge in [0, 0.05) is 17.7 Å². The second-order valence-electron chi connectivity index (χ2n) is 6.09. The van der Waals surface area contributed by atoms with Gasteiger partial charge in [0.15, 0.2) is 5.82 Å². The van der Waals surface area contributed by atoms with Gasteiger partial charge in [0.05, 0.1) is 17.9 Å². The summed E-state index contributed by atoms with van der Waals surface area (Å²) < 4.78 is 46.1. The summed E-state index contributed by atoms with van der Waals surface area (Å²) in [4.78, 5) is 15.9. The molecule has 0 unspecified atom stereocenters. The first-order valence-electron chi connectivity index (χ1n) is 8.99. The number of ether oxygens (including phenoxy) is 1. The number of hydrogen-bond donors (Lipinski definition) is 1. The summed E-state index contributed by atoms with van der Waals surface area (Å²) in [6.07, 6.45) is -4.16. The molecule has 2 aromatic carbocycles. The van der Waals surface area contributed by atoms with E-state index in [-0.39, 0.29) is 23.3 Å². The topological polar surface area (TPSA) is 69.0 Å². The van der Waals surface area contributed by atoms with Crippen LogP contribution >= 0.6 is 0 Å². The average molecular weight is 404 g/mol. The molecule has 29 heavy (non-hydrogen) atoms. The molecule has 1 heterocycles. The summed E-state index contributed by atoms with van der Waals surface area (Å²) in [6.45, 7) is 3.79. The first kappa shape index (κ1) is 20.4. The predicted octanol–water partition coefficient (Wildman–Crippen LogP) is 4.70. The third kappa shape index (κ3) is 4.74. The number of rotatable bonds is 6. The van der Waals surface area contributed by atoms with Crippen LogP contribution < -0.4 is 10.1 Å². The second-order valence-corrected chi connectivity index (χ2v) is 6.09. The normalized spacial score (nSPS) is 11.3. The molecule has 0 aliphatic carbocycles. The van der Waals surface area contributed by atoms with Crippen LogP contribution in [0, 0.1) is 0 Å². The molecular formula is C20H19F3N4O2. The number of benzene rings is 2. The van der Waals surface area contributed by atoms with E-state index in [1.54, 1.807) is 38.1 Å². The van der Waals surface area contributed by atoms with Crippen molar-refractivity contribution in [3.63, 3.8) is 0 Å². The monoisotopic (exact) mass is 404 g/mol. The minimum atomic E-state index is -4.48. The van der Waals surface area contributed by atoms with Gasteiger partial charge in [-0.3, -0.25) is 4.79 Å². The molecule has 1 amide bonds. The number of nitrogens with zero attached hydrogens (tertiary/aromatic N) is 3. The van der Waals surface area contributed by atoms with Crippen LogP contribution in [0.1, 0.15) is 25.8 Å². The van der Waals surface area contributed by atoms with Gasteiger partial charge in [0.25, 0.3) is 0 Å². The number of hydrogen-bond acceptors (Lipinski definition) is 4. The van der Waals surface area contributed by atoms with Crippen LogP contribution in [0.25, 0.3) is 17.1 Å². The van der Waals surface area contributed by atoms with Gasteiger partial charge in [-0.1, -0.05) is 25.1 Å². The lowest BCUT2D eigenvalue weighted by Crippen LogP contribution is -2.10. The minimum absolute atomic E-state index is 0.0444. The Labute approximate surface area is 165 Å². The van der Waals surface area contributed by atoms with Gasteiger partial charge in [-0.15, -0.1) is 5.10 Å². The number of amides is 1. The highest BCUT2D eigenvalue weighted by Gasteiger charge is 2.31. The van der Waals surface area contributed by atoms with Crippen molar-refractivity contribution in [3.8, 4) is 23.1 Å². The highest BCUT2D eigenvalue weighted by molar-refractivity contribution is 5.90. The highest BCUT2D eigenvalue weighted by Crippen LogP contribution is 2.33. The molecule has 0 aliphatic heterocycles. The van der Waals surface area contributed by atoms with E-state index in [0.29, 0.717) is 24.4 Å². The van der Waals surface area contributed by atoms with Crippen molar-refractivity contribution < 1.29 is 22.7 Å². The minimum Gasteiger partial charge on any atom is -0.463 e. The van der Waals surface area contributed by atoms with Crippen LogP contribution in [0.15, 0.2) is 48.5 Å². The zero-order valence-electron chi connectivity index (χ0n) is 15.8. The Morgan fingerprint density at radius 2 is 1.90 bits per heavy atom. The Bertz CT molecular complexity index is 1010. The third-order valence-electron chi connectivity index (χ3n) is 4.00. The quantitative estimate of drug-likeness (QED) is 0.647. The van der Waals surface area contributed by atoms with E-state index < -0.39 is 11.7 Å². The molecule has 1 N–H and O–H groups in total. The fourth-order valence-corrected chi connectivity index (χ4v) is 2.65. The van der Waals surface area contributed by atoms with E-state index in [0.717, 1.165) is 12.1 Å². The molecule has 0 aliphatic rings. The maximum atomic E-state index is 13.1. The summed E-state index contributed by atoms with van der Waals surface area (Å²) in [5, 5.41) is 7.01. The summed E-state index contributed by atoms with van der Waals surface area (Å²) in [5.41, 5.74) is 0.510. The van der Waals surface area contributed by atoms with Crippen molar-refractivity contribution >= 4 is 11.6 Å². The van der Waals surface area contributed by atoms with E-state index in [2.05, 4.69) is 15.4 Å². The maximum absolute atomic E-state index is 13.1. The first-order chi connectivity index (χ1) is 13.8. The van der Waals surface area contributed by atoms with Gasteiger partial charge in [-0.2, -0.15) is 18.2 Å². The van der Waals surface area contributed by atoms with Gasteiger partial charge < -0.3 is 10.1 Å². The summed E-state index contributed by atoms with van der Waals surface area (Å²) in [6, 6.07) is 11.7. The van der Waals surface area contributed by atoms with Crippen LogP contribution in [0.3, 0.4) is 0 Å². The van der Waals surface area contributed by atoms with E-state index in [1.807, 2.05) is 0 Å². The number of halogens is 3. The number of carbonyl (C=O) groups excluding carboxylic acids is 1. The standard InChI is InChI=1S/C20H19F3N4O2/c1-3-17(28)24-15-9-6-10-16(12-15)27-18(25-19(26-27)29-4-2)13-7-5-8-14(11-13)20(21,22)23/h5-12H,3-4H2,1-2H3,(H,24,28). The number of aromatic nitrogens is 3. The fraction of sp³-hybridized carbons (Fsp3) is 0.250. The molecule has 6 nitrogen and oxygen atoms in total. The average Bonchev–Trinajstić information content (AvgIpc) is 3.12. The predicted molar refractivity (Wildman–Crippen MR) is 102 cm³/mol. The molecule has 0 spiro atoms. The molecule has 3 aromatic rings. The molecule has 0 bridgehead atoms. The van der Waals surface area contributed by atoms with Crippen molar-refractivity contribution in [2.45, 2.75) is 26.4 Å². The van der Waals surface area contributed by atoms with Crippen LogP contribution in [-0.4, -0.2) is 27.3 Å². The van der Waals surface area contributed by atoms with Crippen LogP contribution in [0.5, 0.6) is 6.01 Å². The number of nitrogens with one attached hydrogen (secondary N) is 1. The van der Waals surface area contributed by atoms with Gasteiger partial charge >= 0.3 is 12.2 Å².